The molecule has 94 valence electrons. The molecule has 0 saturated heterocycles. The van der Waals surface area contributed by atoms with Gasteiger partial charge in [-0.1, -0.05) is 6.08 Å². The highest BCUT2D eigenvalue weighted by Gasteiger charge is 2.11. The number of rotatable bonds is 5. The van der Waals surface area contributed by atoms with Crippen molar-refractivity contribution in [1.82, 2.24) is 9.88 Å². The van der Waals surface area contributed by atoms with Gasteiger partial charge in [-0.15, -0.1) is 11.3 Å². The van der Waals surface area contributed by atoms with Crippen molar-refractivity contribution in [2.24, 2.45) is 0 Å². The maximum atomic E-state index is 5.61. The van der Waals surface area contributed by atoms with Crippen molar-refractivity contribution in [3.05, 3.63) is 22.7 Å². The van der Waals surface area contributed by atoms with Gasteiger partial charge in [-0.05, 0) is 12.0 Å². The van der Waals surface area contributed by atoms with Crippen LogP contribution in [0.4, 0.5) is 5.13 Å². The number of nitrogens with two attached hydrogens (primary N) is 1. The normalized spacial score (nSPS) is 17.1. The predicted molar refractivity (Wildman–Crippen MR) is 71.2 cm³/mol. The van der Waals surface area contributed by atoms with Crippen LogP contribution in [-0.4, -0.2) is 43.2 Å². The minimum absolute atomic E-state index is 0.668. The van der Waals surface area contributed by atoms with Crippen molar-refractivity contribution in [2.75, 3.05) is 39.1 Å². The number of nitrogen functional groups attached to an aromatic ring is 1. The van der Waals surface area contributed by atoms with Gasteiger partial charge in [0.1, 0.15) is 0 Å². The molecule has 2 N–H and O–H groups in total. The molecular weight excluding hydrogens is 234 g/mol. The molecule has 0 atom stereocenters. The summed E-state index contributed by atoms with van der Waals surface area (Å²) in [5.74, 6) is 0. The highest BCUT2D eigenvalue weighted by atomic mass is 32.1. The quantitative estimate of drug-likeness (QED) is 0.809. The summed E-state index contributed by atoms with van der Waals surface area (Å²) in [6, 6.07) is 0. The Morgan fingerprint density at radius 1 is 1.59 bits per heavy atom. The number of aromatic nitrogens is 1. The molecule has 5 heteroatoms. The summed E-state index contributed by atoms with van der Waals surface area (Å²) >= 11 is 1.52. The Morgan fingerprint density at radius 2 is 2.47 bits per heavy atom. The second-order valence-electron chi connectivity index (χ2n) is 4.27. The largest absolute Gasteiger partial charge is 0.380 e. The summed E-state index contributed by atoms with van der Waals surface area (Å²) < 4.78 is 5.14. The topological polar surface area (TPSA) is 51.4 Å². The molecule has 0 fully saturated rings. The Morgan fingerprint density at radius 3 is 3.06 bits per heavy atom. The number of hydrogen-bond acceptors (Lipinski definition) is 5. The number of hydrogen-bond donors (Lipinski definition) is 1. The van der Waals surface area contributed by atoms with Gasteiger partial charge in [0, 0.05) is 38.5 Å². The van der Waals surface area contributed by atoms with E-state index >= 15 is 0 Å². The maximum Gasteiger partial charge on any atom is 0.180 e. The molecule has 1 aromatic rings. The van der Waals surface area contributed by atoms with Crippen LogP contribution in [0.2, 0.25) is 0 Å². The fraction of sp³-hybridized carbons (Fsp3) is 0.583. The molecule has 0 amide bonds. The molecule has 0 radical (unpaired) electrons. The lowest BCUT2D eigenvalue weighted by molar-refractivity contribution is 0.212. The molecule has 0 spiro atoms. The van der Waals surface area contributed by atoms with Crippen LogP contribution in [0.15, 0.2) is 17.0 Å². The van der Waals surface area contributed by atoms with Gasteiger partial charge >= 0.3 is 0 Å². The summed E-state index contributed by atoms with van der Waals surface area (Å²) in [5.41, 5.74) is 8.14. The molecule has 1 aliphatic rings. The predicted octanol–water partition coefficient (Wildman–Crippen LogP) is 1.55. The fourth-order valence-corrected chi connectivity index (χ4v) is 2.58. The van der Waals surface area contributed by atoms with E-state index in [0.717, 1.165) is 44.8 Å². The molecule has 4 nitrogen and oxygen atoms in total. The summed E-state index contributed by atoms with van der Waals surface area (Å²) in [6.45, 7) is 3.98. The summed E-state index contributed by atoms with van der Waals surface area (Å²) in [6.07, 6.45) is 4.39. The monoisotopic (exact) mass is 253 g/mol. The van der Waals surface area contributed by atoms with Gasteiger partial charge in [-0.2, -0.15) is 0 Å². The van der Waals surface area contributed by atoms with Crippen LogP contribution in [0.25, 0.3) is 0 Å². The van der Waals surface area contributed by atoms with E-state index in [0.29, 0.717) is 5.13 Å². The number of methoxy groups -OCH3 is 1. The van der Waals surface area contributed by atoms with E-state index in [-0.39, 0.29) is 0 Å². The van der Waals surface area contributed by atoms with Gasteiger partial charge in [0.15, 0.2) is 5.13 Å². The third-order valence-corrected chi connectivity index (χ3v) is 3.69. The zero-order valence-corrected chi connectivity index (χ0v) is 11.0. The number of thiazole rings is 1. The molecule has 0 unspecified atom stereocenters. The molecule has 0 saturated carbocycles. The lowest BCUT2D eigenvalue weighted by Gasteiger charge is -2.25. The van der Waals surface area contributed by atoms with Crippen LogP contribution in [0, 0.1) is 0 Å². The van der Waals surface area contributed by atoms with Crippen LogP contribution in [0.1, 0.15) is 12.1 Å². The molecule has 17 heavy (non-hydrogen) atoms. The summed E-state index contributed by atoms with van der Waals surface area (Å²) in [4.78, 5) is 6.71. The van der Waals surface area contributed by atoms with Crippen molar-refractivity contribution in [1.29, 1.82) is 0 Å². The smallest absolute Gasteiger partial charge is 0.180 e. The van der Waals surface area contributed by atoms with Crippen molar-refractivity contribution < 1.29 is 4.74 Å². The van der Waals surface area contributed by atoms with Crippen molar-refractivity contribution in [3.8, 4) is 0 Å². The highest BCUT2D eigenvalue weighted by molar-refractivity contribution is 7.13. The third-order valence-electron chi connectivity index (χ3n) is 2.97. The van der Waals surface area contributed by atoms with Gasteiger partial charge in [0.25, 0.3) is 0 Å². The molecular formula is C12H19N3OS. The van der Waals surface area contributed by atoms with Gasteiger partial charge in [-0.25, -0.2) is 4.98 Å². The van der Waals surface area contributed by atoms with Crippen LogP contribution in [-0.2, 0) is 11.2 Å². The first-order chi connectivity index (χ1) is 8.28. The molecule has 1 aromatic heterocycles. The Bertz CT molecular complexity index is 389. The van der Waals surface area contributed by atoms with E-state index in [1.54, 1.807) is 7.11 Å². The highest BCUT2D eigenvalue weighted by Crippen LogP contribution is 2.14. The van der Waals surface area contributed by atoms with E-state index in [2.05, 4.69) is 16.0 Å². The Kier molecular flexibility index (Phi) is 4.53. The molecule has 0 aromatic carbocycles. The van der Waals surface area contributed by atoms with Gasteiger partial charge in [0.2, 0.25) is 0 Å². The lowest BCUT2D eigenvalue weighted by Crippen LogP contribution is -2.31. The van der Waals surface area contributed by atoms with E-state index in [1.165, 1.54) is 16.9 Å². The molecule has 2 rings (SSSR count). The average molecular weight is 253 g/mol. The minimum atomic E-state index is 0.668. The standard InChI is InChI=1S/C12H19N3OS/c1-16-8-10-2-5-15(6-3-10)7-4-11-9-17-12(13)14-11/h2,9H,3-8H2,1H3,(H2,13,14). The summed E-state index contributed by atoms with van der Waals surface area (Å²) in [7, 11) is 1.75. The number of nitrogens with zero attached hydrogens (tertiary/aromatic N) is 2. The Labute approximate surface area is 106 Å². The van der Waals surface area contributed by atoms with Crippen molar-refractivity contribution >= 4 is 16.5 Å². The van der Waals surface area contributed by atoms with E-state index in [4.69, 9.17) is 10.5 Å². The van der Waals surface area contributed by atoms with Crippen LogP contribution < -0.4 is 5.73 Å². The van der Waals surface area contributed by atoms with E-state index in [9.17, 15) is 0 Å². The van der Waals surface area contributed by atoms with Crippen molar-refractivity contribution in [3.63, 3.8) is 0 Å². The van der Waals surface area contributed by atoms with E-state index < -0.39 is 0 Å². The fourth-order valence-electron chi connectivity index (χ4n) is 1.98. The first-order valence-corrected chi connectivity index (χ1v) is 6.75. The van der Waals surface area contributed by atoms with Crippen molar-refractivity contribution in [2.45, 2.75) is 12.8 Å². The van der Waals surface area contributed by atoms with Gasteiger partial charge < -0.3 is 10.5 Å². The summed E-state index contributed by atoms with van der Waals surface area (Å²) in [5, 5.41) is 2.71. The molecule has 1 aliphatic heterocycles. The van der Waals surface area contributed by atoms with Crippen LogP contribution in [0.3, 0.4) is 0 Å². The maximum absolute atomic E-state index is 5.61. The Balaban J connectivity index is 1.75. The second kappa shape index (κ2) is 6.14. The molecule has 0 bridgehead atoms. The minimum Gasteiger partial charge on any atom is -0.380 e. The zero-order valence-electron chi connectivity index (χ0n) is 10.2. The van der Waals surface area contributed by atoms with Crippen LogP contribution in [0.5, 0.6) is 0 Å². The van der Waals surface area contributed by atoms with Crippen LogP contribution >= 0.6 is 11.3 Å². The molecule has 0 aliphatic carbocycles. The van der Waals surface area contributed by atoms with E-state index in [1.807, 2.05) is 5.38 Å². The number of anilines is 1. The molecule has 2 heterocycles. The zero-order chi connectivity index (χ0) is 12.1. The number of ether oxygens (including phenoxy) is 1. The second-order valence-corrected chi connectivity index (χ2v) is 5.16. The Hall–Kier alpha value is -0.910. The average Bonchev–Trinajstić information content (AvgIpc) is 2.75. The van der Waals surface area contributed by atoms with Gasteiger partial charge in [-0.3, -0.25) is 4.90 Å². The van der Waals surface area contributed by atoms with Gasteiger partial charge in [0.05, 0.1) is 12.3 Å². The third kappa shape index (κ3) is 3.80. The first kappa shape index (κ1) is 12.5. The first-order valence-electron chi connectivity index (χ1n) is 5.87. The SMILES string of the molecule is COCC1=CCN(CCc2csc(N)n2)CC1. The lowest BCUT2D eigenvalue weighted by atomic mass is 10.1.